The fourth-order valence-corrected chi connectivity index (χ4v) is 5.12. The molecule has 0 unspecified atom stereocenters. The van der Waals surface area contributed by atoms with Gasteiger partial charge in [-0.15, -0.1) is 11.3 Å². The zero-order chi connectivity index (χ0) is 24.1. The fourth-order valence-electron chi connectivity index (χ4n) is 3.63. The molecule has 0 aliphatic heterocycles. The van der Waals surface area contributed by atoms with Crippen LogP contribution in [0, 0.1) is 11.3 Å². The SMILES string of the molecule is N#Cc1ccc(NC(=O)COC(=O)c2c(NC(=O)c3cccnc3)sc3c2CCCC3)cc1Cl. The maximum absolute atomic E-state index is 13.0. The van der Waals surface area contributed by atoms with Crippen LogP contribution in [0.2, 0.25) is 5.02 Å². The highest BCUT2D eigenvalue weighted by Crippen LogP contribution is 2.38. The molecule has 0 saturated carbocycles. The van der Waals surface area contributed by atoms with Crippen LogP contribution in [0.4, 0.5) is 10.7 Å². The predicted molar refractivity (Wildman–Crippen MR) is 128 cm³/mol. The highest BCUT2D eigenvalue weighted by Gasteiger charge is 2.28. The summed E-state index contributed by atoms with van der Waals surface area (Å²) in [7, 11) is 0. The Balaban J connectivity index is 1.47. The lowest BCUT2D eigenvalue weighted by Gasteiger charge is -2.13. The highest BCUT2D eigenvalue weighted by molar-refractivity contribution is 7.17. The summed E-state index contributed by atoms with van der Waals surface area (Å²) >= 11 is 7.34. The van der Waals surface area contributed by atoms with Crippen molar-refractivity contribution in [1.82, 2.24) is 4.98 Å². The minimum absolute atomic E-state index is 0.205. The van der Waals surface area contributed by atoms with Gasteiger partial charge in [-0.25, -0.2) is 4.79 Å². The lowest BCUT2D eigenvalue weighted by molar-refractivity contribution is -0.119. The van der Waals surface area contributed by atoms with E-state index in [1.54, 1.807) is 18.3 Å². The average molecular weight is 495 g/mol. The Morgan fingerprint density at radius 3 is 2.74 bits per heavy atom. The summed E-state index contributed by atoms with van der Waals surface area (Å²) in [5.41, 5.74) is 2.19. The molecule has 2 heterocycles. The van der Waals surface area contributed by atoms with Crippen molar-refractivity contribution in [2.45, 2.75) is 25.7 Å². The zero-order valence-electron chi connectivity index (χ0n) is 17.9. The van der Waals surface area contributed by atoms with Crippen LogP contribution < -0.4 is 10.6 Å². The van der Waals surface area contributed by atoms with Gasteiger partial charge in [-0.05, 0) is 61.6 Å². The number of nitrogens with zero attached hydrogens (tertiary/aromatic N) is 2. The molecule has 172 valence electrons. The number of aromatic nitrogens is 1. The van der Waals surface area contributed by atoms with Gasteiger partial charge in [-0.2, -0.15) is 5.26 Å². The van der Waals surface area contributed by atoms with Crippen molar-refractivity contribution in [3.05, 3.63) is 74.9 Å². The first-order chi connectivity index (χ1) is 16.5. The molecule has 4 rings (SSSR count). The van der Waals surface area contributed by atoms with Crippen LogP contribution in [0.1, 0.15) is 49.6 Å². The van der Waals surface area contributed by atoms with Crippen molar-refractivity contribution in [3.63, 3.8) is 0 Å². The monoisotopic (exact) mass is 494 g/mol. The van der Waals surface area contributed by atoms with E-state index in [-0.39, 0.29) is 16.5 Å². The number of rotatable bonds is 6. The Labute approximate surface area is 204 Å². The largest absolute Gasteiger partial charge is 0.452 e. The fraction of sp³-hybridized carbons (Fsp3) is 0.208. The molecule has 8 nitrogen and oxygen atoms in total. The number of carbonyl (C=O) groups excluding carboxylic acids is 3. The molecule has 2 aromatic heterocycles. The molecule has 0 spiro atoms. The molecular formula is C24H19ClN4O4S. The van der Waals surface area contributed by atoms with Gasteiger partial charge in [0.2, 0.25) is 0 Å². The quantitative estimate of drug-likeness (QED) is 0.483. The number of aryl methyl sites for hydroxylation is 1. The molecule has 1 aromatic carbocycles. The summed E-state index contributed by atoms with van der Waals surface area (Å²) in [6.45, 7) is -0.517. The molecular weight excluding hydrogens is 476 g/mol. The van der Waals surface area contributed by atoms with Crippen molar-refractivity contribution >= 4 is 51.4 Å². The molecule has 2 amide bonds. The normalized spacial score (nSPS) is 12.2. The van der Waals surface area contributed by atoms with Gasteiger partial charge in [0, 0.05) is 23.0 Å². The van der Waals surface area contributed by atoms with Gasteiger partial charge in [0.1, 0.15) is 11.1 Å². The third-order valence-corrected chi connectivity index (χ3v) is 6.75. The third-order valence-electron chi connectivity index (χ3n) is 5.23. The second kappa shape index (κ2) is 10.5. The van der Waals surface area contributed by atoms with E-state index in [1.165, 1.54) is 35.7 Å². The molecule has 1 aliphatic carbocycles. The summed E-state index contributed by atoms with van der Waals surface area (Å²) in [5.74, 6) is -1.61. The lowest BCUT2D eigenvalue weighted by Crippen LogP contribution is -2.22. The number of hydrogen-bond donors (Lipinski definition) is 2. The van der Waals surface area contributed by atoms with Gasteiger partial charge < -0.3 is 15.4 Å². The van der Waals surface area contributed by atoms with Crippen LogP contribution in [0.5, 0.6) is 0 Å². The van der Waals surface area contributed by atoms with Gasteiger partial charge in [-0.3, -0.25) is 14.6 Å². The van der Waals surface area contributed by atoms with Crippen LogP contribution in [0.3, 0.4) is 0 Å². The van der Waals surface area contributed by atoms with E-state index in [0.29, 0.717) is 28.2 Å². The second-order valence-corrected chi connectivity index (χ2v) is 9.05. The van der Waals surface area contributed by atoms with Crippen LogP contribution in [0.15, 0.2) is 42.7 Å². The maximum Gasteiger partial charge on any atom is 0.341 e. The number of nitriles is 1. The average Bonchev–Trinajstić information content (AvgIpc) is 3.21. The second-order valence-electron chi connectivity index (χ2n) is 7.54. The van der Waals surface area contributed by atoms with Crippen LogP contribution in [-0.2, 0) is 22.4 Å². The van der Waals surface area contributed by atoms with Gasteiger partial charge in [0.05, 0.1) is 21.7 Å². The van der Waals surface area contributed by atoms with Crippen LogP contribution >= 0.6 is 22.9 Å². The summed E-state index contributed by atoms with van der Waals surface area (Å²) in [6, 6.07) is 9.69. The van der Waals surface area contributed by atoms with Crippen molar-refractivity contribution in [3.8, 4) is 6.07 Å². The van der Waals surface area contributed by atoms with E-state index >= 15 is 0 Å². The molecule has 0 radical (unpaired) electrons. The standard InChI is InChI=1S/C24H19ClN4O4S/c25-18-10-16(8-7-14(18)11-26)28-20(30)13-33-24(32)21-17-5-1-2-6-19(17)34-23(21)29-22(31)15-4-3-9-27-12-15/h3-4,7-10,12H,1-2,5-6,13H2,(H,28,30)(H,29,31). The number of anilines is 2. The number of thiophene rings is 1. The number of esters is 1. The number of halogens is 1. The number of carbonyl (C=O) groups is 3. The molecule has 0 saturated heterocycles. The van der Waals surface area contributed by atoms with Gasteiger partial charge in [0.15, 0.2) is 6.61 Å². The van der Waals surface area contributed by atoms with Gasteiger partial charge >= 0.3 is 5.97 Å². The highest BCUT2D eigenvalue weighted by atomic mass is 35.5. The van der Waals surface area contributed by atoms with E-state index in [2.05, 4.69) is 15.6 Å². The van der Waals surface area contributed by atoms with Crippen molar-refractivity contribution in [1.29, 1.82) is 5.26 Å². The Kier molecular flexibility index (Phi) is 7.21. The van der Waals surface area contributed by atoms with Crippen molar-refractivity contribution in [2.75, 3.05) is 17.2 Å². The molecule has 0 atom stereocenters. The molecule has 1 aliphatic rings. The smallest absolute Gasteiger partial charge is 0.341 e. The minimum Gasteiger partial charge on any atom is -0.452 e. The van der Waals surface area contributed by atoms with Crippen molar-refractivity contribution < 1.29 is 19.1 Å². The Morgan fingerprint density at radius 1 is 1.18 bits per heavy atom. The number of ether oxygens (including phenoxy) is 1. The summed E-state index contributed by atoms with van der Waals surface area (Å²) in [6.07, 6.45) is 6.48. The lowest BCUT2D eigenvalue weighted by atomic mass is 9.95. The molecule has 34 heavy (non-hydrogen) atoms. The first kappa shape index (κ1) is 23.4. The minimum atomic E-state index is -0.672. The molecule has 0 bridgehead atoms. The van der Waals surface area contributed by atoms with E-state index < -0.39 is 18.5 Å². The van der Waals surface area contributed by atoms with Gasteiger partial charge in [-0.1, -0.05) is 11.6 Å². The number of pyridine rings is 1. The van der Waals surface area contributed by atoms with E-state index in [1.807, 2.05) is 6.07 Å². The molecule has 3 aromatic rings. The molecule has 10 heteroatoms. The topological polar surface area (TPSA) is 121 Å². The molecule has 2 N–H and O–H groups in total. The van der Waals surface area contributed by atoms with E-state index in [4.69, 9.17) is 21.6 Å². The molecule has 0 fully saturated rings. The summed E-state index contributed by atoms with van der Waals surface area (Å²) in [4.78, 5) is 43.0. The zero-order valence-corrected chi connectivity index (χ0v) is 19.5. The Morgan fingerprint density at radius 2 is 2.00 bits per heavy atom. The third kappa shape index (κ3) is 5.25. The Bertz CT molecular complexity index is 1300. The predicted octanol–water partition coefficient (Wildman–Crippen LogP) is 4.59. The number of benzene rings is 1. The number of nitrogens with one attached hydrogen (secondary N) is 2. The van der Waals surface area contributed by atoms with Crippen molar-refractivity contribution in [2.24, 2.45) is 0 Å². The first-order valence-electron chi connectivity index (χ1n) is 10.5. The van der Waals surface area contributed by atoms with Crippen LogP contribution in [-0.4, -0.2) is 29.4 Å². The van der Waals surface area contributed by atoms with E-state index in [9.17, 15) is 14.4 Å². The van der Waals surface area contributed by atoms with Gasteiger partial charge in [0.25, 0.3) is 11.8 Å². The number of hydrogen-bond acceptors (Lipinski definition) is 7. The maximum atomic E-state index is 13.0. The Hall–Kier alpha value is -3.74. The van der Waals surface area contributed by atoms with Crippen LogP contribution in [0.25, 0.3) is 0 Å². The van der Waals surface area contributed by atoms with E-state index in [0.717, 1.165) is 29.7 Å². The first-order valence-corrected chi connectivity index (χ1v) is 11.7. The number of amides is 2. The number of fused-ring (bicyclic) bond motifs is 1. The summed E-state index contributed by atoms with van der Waals surface area (Å²) < 4.78 is 5.30. The summed E-state index contributed by atoms with van der Waals surface area (Å²) in [5, 5.41) is 14.9.